The topological polar surface area (TPSA) is 46.6 Å². The van der Waals surface area contributed by atoms with E-state index in [0.29, 0.717) is 26.3 Å². The summed E-state index contributed by atoms with van der Waals surface area (Å²) in [5.74, 6) is -0.347. The van der Waals surface area contributed by atoms with Crippen molar-refractivity contribution in [2.75, 3.05) is 26.3 Å². The number of hydrogen-bond acceptors (Lipinski definition) is 4. The van der Waals surface area contributed by atoms with Crippen LogP contribution in [0.2, 0.25) is 0 Å². The summed E-state index contributed by atoms with van der Waals surface area (Å²) < 4.78 is 5.23. The predicted octanol–water partition coefficient (Wildman–Crippen LogP) is -0.0672. The van der Waals surface area contributed by atoms with Gasteiger partial charge in [-0.1, -0.05) is 13.8 Å². The lowest BCUT2D eigenvalue weighted by Crippen LogP contribution is -2.49. The fourth-order valence-electron chi connectivity index (χ4n) is 2.73. The molecule has 2 aliphatic rings. The molecular formula is C11H15NO3. The summed E-state index contributed by atoms with van der Waals surface area (Å²) in [6.07, 6.45) is 4.04. The molecule has 2 rings (SSSR count). The number of nitrogens with zero attached hydrogens (tertiary/aromatic N) is 1. The van der Waals surface area contributed by atoms with Crippen LogP contribution in [0.15, 0.2) is 0 Å². The number of carbonyl (C=O) groups excluding carboxylic acids is 2. The standard InChI is InChI=1S/C11H15NO3/c1-10(2)9(7-13)11(10,8-14)12-3-5-15-6-4-12/h9H,3-6H2,1-2H3. The lowest BCUT2D eigenvalue weighted by Gasteiger charge is -2.33. The van der Waals surface area contributed by atoms with Crippen molar-refractivity contribution in [3.05, 3.63) is 0 Å². The third kappa shape index (κ3) is 1.21. The summed E-state index contributed by atoms with van der Waals surface area (Å²) in [6, 6.07) is 0. The Balaban J connectivity index is 2.23. The normalized spacial score (nSPS) is 39.7. The van der Waals surface area contributed by atoms with E-state index in [2.05, 4.69) is 6.29 Å². The lowest BCUT2D eigenvalue weighted by atomic mass is 10.0. The molecule has 0 spiro atoms. The molecule has 0 aromatic heterocycles. The second kappa shape index (κ2) is 3.39. The van der Waals surface area contributed by atoms with Crippen LogP contribution in [0.1, 0.15) is 13.8 Å². The molecule has 1 saturated carbocycles. The van der Waals surface area contributed by atoms with Crippen LogP contribution in [0, 0.1) is 11.3 Å². The van der Waals surface area contributed by atoms with Crippen LogP contribution in [0.4, 0.5) is 0 Å². The Morgan fingerprint density at radius 1 is 1.27 bits per heavy atom. The SMILES string of the molecule is CC1(C)C([C]=O)C1([C]=O)N1CCOCC1. The van der Waals surface area contributed by atoms with Crippen molar-refractivity contribution < 1.29 is 14.3 Å². The van der Waals surface area contributed by atoms with E-state index in [1.54, 1.807) is 0 Å². The van der Waals surface area contributed by atoms with E-state index in [0.717, 1.165) is 0 Å². The molecule has 1 saturated heterocycles. The minimum absolute atomic E-state index is 0.339. The molecule has 0 N–H and O–H groups in total. The first-order valence-corrected chi connectivity index (χ1v) is 5.21. The van der Waals surface area contributed by atoms with Gasteiger partial charge in [-0.3, -0.25) is 14.5 Å². The number of morpholine rings is 1. The van der Waals surface area contributed by atoms with Crippen LogP contribution in [-0.2, 0) is 14.3 Å². The van der Waals surface area contributed by atoms with Crippen molar-refractivity contribution in [3.63, 3.8) is 0 Å². The second-order valence-electron chi connectivity index (χ2n) is 4.74. The van der Waals surface area contributed by atoms with Crippen LogP contribution in [0.5, 0.6) is 0 Å². The molecule has 82 valence electrons. The van der Waals surface area contributed by atoms with Gasteiger partial charge in [0.15, 0.2) is 0 Å². The first-order chi connectivity index (χ1) is 7.11. The molecule has 4 heteroatoms. The number of rotatable bonds is 3. The highest BCUT2D eigenvalue weighted by molar-refractivity contribution is 5.84. The Kier molecular flexibility index (Phi) is 2.43. The Morgan fingerprint density at radius 2 is 1.87 bits per heavy atom. The third-order valence-electron chi connectivity index (χ3n) is 3.82. The number of hydrogen-bond donors (Lipinski definition) is 0. The highest BCUT2D eigenvalue weighted by atomic mass is 16.5. The zero-order chi connectivity index (χ0) is 11.1. The van der Waals surface area contributed by atoms with E-state index in [1.807, 2.05) is 25.0 Å². The van der Waals surface area contributed by atoms with Gasteiger partial charge in [0.1, 0.15) is 5.54 Å². The summed E-state index contributed by atoms with van der Waals surface area (Å²) in [5, 5.41) is 0. The fourth-order valence-corrected chi connectivity index (χ4v) is 2.73. The second-order valence-corrected chi connectivity index (χ2v) is 4.74. The van der Waals surface area contributed by atoms with Crippen LogP contribution < -0.4 is 0 Å². The smallest absolute Gasteiger partial charge is 0.221 e. The largest absolute Gasteiger partial charge is 0.379 e. The molecule has 2 unspecified atom stereocenters. The average molecular weight is 209 g/mol. The molecule has 0 bridgehead atoms. The molecule has 0 aromatic carbocycles. The molecule has 2 fully saturated rings. The maximum absolute atomic E-state index is 11.2. The molecule has 15 heavy (non-hydrogen) atoms. The molecule has 0 aromatic rings. The molecule has 4 nitrogen and oxygen atoms in total. The Morgan fingerprint density at radius 3 is 2.27 bits per heavy atom. The van der Waals surface area contributed by atoms with Crippen molar-refractivity contribution in [3.8, 4) is 0 Å². The molecule has 2 atom stereocenters. The maximum atomic E-state index is 11.2. The van der Waals surface area contributed by atoms with Crippen LogP contribution in [0.3, 0.4) is 0 Å². The Labute approximate surface area is 89.6 Å². The minimum atomic E-state index is -0.751. The van der Waals surface area contributed by atoms with Gasteiger partial charge in [0.05, 0.1) is 19.1 Å². The van der Waals surface area contributed by atoms with Gasteiger partial charge in [-0.05, 0) is 0 Å². The van der Waals surface area contributed by atoms with Gasteiger partial charge >= 0.3 is 0 Å². The van der Waals surface area contributed by atoms with E-state index in [1.165, 1.54) is 0 Å². The highest BCUT2D eigenvalue weighted by Crippen LogP contribution is 2.62. The van der Waals surface area contributed by atoms with E-state index in [4.69, 9.17) is 4.74 Å². The summed E-state index contributed by atoms with van der Waals surface area (Å²) in [7, 11) is 0. The first-order valence-electron chi connectivity index (χ1n) is 5.21. The van der Waals surface area contributed by atoms with Crippen LogP contribution >= 0.6 is 0 Å². The number of ether oxygens (including phenoxy) is 1. The van der Waals surface area contributed by atoms with Gasteiger partial charge in [-0.15, -0.1) is 0 Å². The van der Waals surface area contributed by atoms with Gasteiger partial charge in [0, 0.05) is 18.5 Å². The van der Waals surface area contributed by atoms with Crippen molar-refractivity contribution in [1.29, 1.82) is 0 Å². The minimum Gasteiger partial charge on any atom is -0.379 e. The van der Waals surface area contributed by atoms with E-state index < -0.39 is 5.54 Å². The molecule has 0 amide bonds. The first kappa shape index (κ1) is 10.8. The fraction of sp³-hybridized carbons (Fsp3) is 0.818. The molecule has 2 radical (unpaired) electrons. The molecule has 1 heterocycles. The summed E-state index contributed by atoms with van der Waals surface area (Å²) in [6.45, 7) is 6.45. The van der Waals surface area contributed by atoms with Crippen LogP contribution in [-0.4, -0.2) is 49.3 Å². The molecule has 1 aliphatic heterocycles. The van der Waals surface area contributed by atoms with Gasteiger partial charge in [-0.2, -0.15) is 0 Å². The van der Waals surface area contributed by atoms with E-state index in [9.17, 15) is 9.59 Å². The van der Waals surface area contributed by atoms with Crippen molar-refractivity contribution in [2.45, 2.75) is 19.4 Å². The zero-order valence-electron chi connectivity index (χ0n) is 9.08. The summed E-state index contributed by atoms with van der Waals surface area (Å²) in [5.41, 5.74) is -1.09. The summed E-state index contributed by atoms with van der Waals surface area (Å²) >= 11 is 0. The predicted molar refractivity (Wildman–Crippen MR) is 53.8 cm³/mol. The van der Waals surface area contributed by atoms with Crippen molar-refractivity contribution in [1.82, 2.24) is 4.90 Å². The van der Waals surface area contributed by atoms with Gasteiger partial charge in [-0.25, -0.2) is 0 Å². The quantitative estimate of drug-likeness (QED) is 0.653. The maximum Gasteiger partial charge on any atom is 0.221 e. The van der Waals surface area contributed by atoms with E-state index in [-0.39, 0.29) is 11.3 Å². The van der Waals surface area contributed by atoms with Gasteiger partial charge in [0.25, 0.3) is 0 Å². The van der Waals surface area contributed by atoms with Gasteiger partial charge < -0.3 is 4.74 Å². The average Bonchev–Trinajstić information content (AvgIpc) is 2.76. The van der Waals surface area contributed by atoms with Gasteiger partial charge in [0.2, 0.25) is 12.6 Å². The highest BCUT2D eigenvalue weighted by Gasteiger charge is 2.75. The zero-order valence-corrected chi connectivity index (χ0v) is 9.08. The van der Waals surface area contributed by atoms with Crippen molar-refractivity contribution in [2.24, 2.45) is 11.3 Å². The summed E-state index contributed by atoms with van der Waals surface area (Å²) in [4.78, 5) is 24.0. The third-order valence-corrected chi connectivity index (χ3v) is 3.82. The Bertz CT molecular complexity index is 284. The van der Waals surface area contributed by atoms with Crippen LogP contribution in [0.25, 0.3) is 0 Å². The molecule has 1 aliphatic carbocycles. The lowest BCUT2D eigenvalue weighted by molar-refractivity contribution is 0.0157. The Hall–Kier alpha value is -0.740. The van der Waals surface area contributed by atoms with Crippen molar-refractivity contribution >= 4 is 12.6 Å². The molecular weight excluding hydrogens is 194 g/mol. The monoisotopic (exact) mass is 209 g/mol. The van der Waals surface area contributed by atoms with E-state index >= 15 is 0 Å².